The molecule has 1 heterocycles. The van der Waals surface area contributed by atoms with E-state index in [0.717, 1.165) is 19.0 Å². The standard InChI is InChI=1S/C11H21N3/c1-4-10(5-2)6-12-7-11-8-13-14(3)9-11/h8-10,12H,4-7H2,1-3H3. The maximum absolute atomic E-state index is 4.13. The molecule has 1 rings (SSSR count). The van der Waals surface area contributed by atoms with Gasteiger partial charge in [-0.3, -0.25) is 4.68 Å². The number of aromatic nitrogens is 2. The van der Waals surface area contributed by atoms with Crippen molar-refractivity contribution in [2.24, 2.45) is 13.0 Å². The van der Waals surface area contributed by atoms with Gasteiger partial charge in [-0.05, 0) is 12.5 Å². The van der Waals surface area contributed by atoms with Crippen LogP contribution in [0.4, 0.5) is 0 Å². The Balaban J connectivity index is 2.21. The molecule has 0 atom stereocenters. The Morgan fingerprint density at radius 1 is 1.43 bits per heavy atom. The quantitative estimate of drug-likeness (QED) is 0.752. The van der Waals surface area contributed by atoms with Crippen LogP contribution in [-0.2, 0) is 13.6 Å². The summed E-state index contributed by atoms with van der Waals surface area (Å²) >= 11 is 0. The molecule has 0 fully saturated rings. The van der Waals surface area contributed by atoms with Crippen LogP contribution < -0.4 is 5.32 Å². The average Bonchev–Trinajstić information content (AvgIpc) is 2.59. The monoisotopic (exact) mass is 195 g/mol. The minimum atomic E-state index is 0.812. The van der Waals surface area contributed by atoms with Gasteiger partial charge in [0.05, 0.1) is 6.20 Å². The Morgan fingerprint density at radius 3 is 2.64 bits per heavy atom. The van der Waals surface area contributed by atoms with Crippen LogP contribution in [0, 0.1) is 5.92 Å². The molecule has 3 heteroatoms. The molecule has 0 aromatic carbocycles. The second-order valence-electron chi connectivity index (χ2n) is 3.84. The second kappa shape index (κ2) is 5.81. The Hall–Kier alpha value is -0.830. The third kappa shape index (κ3) is 3.50. The lowest BCUT2D eigenvalue weighted by molar-refractivity contribution is 0.449. The lowest BCUT2D eigenvalue weighted by atomic mass is 10.0. The summed E-state index contributed by atoms with van der Waals surface area (Å²) in [5.41, 5.74) is 1.26. The van der Waals surface area contributed by atoms with Gasteiger partial charge in [0.25, 0.3) is 0 Å². The zero-order valence-electron chi connectivity index (χ0n) is 9.45. The van der Waals surface area contributed by atoms with E-state index in [1.54, 1.807) is 0 Å². The largest absolute Gasteiger partial charge is 0.312 e. The van der Waals surface area contributed by atoms with Gasteiger partial charge in [-0.25, -0.2) is 0 Å². The molecule has 0 bridgehead atoms. The van der Waals surface area contributed by atoms with Gasteiger partial charge in [0.15, 0.2) is 0 Å². The minimum absolute atomic E-state index is 0.812. The molecule has 14 heavy (non-hydrogen) atoms. The van der Waals surface area contributed by atoms with Gasteiger partial charge in [-0.2, -0.15) is 5.10 Å². The van der Waals surface area contributed by atoms with Gasteiger partial charge in [0.1, 0.15) is 0 Å². The molecule has 0 amide bonds. The second-order valence-corrected chi connectivity index (χ2v) is 3.84. The maximum Gasteiger partial charge on any atom is 0.0534 e. The van der Waals surface area contributed by atoms with E-state index in [4.69, 9.17) is 0 Å². The minimum Gasteiger partial charge on any atom is -0.312 e. The van der Waals surface area contributed by atoms with Crippen molar-refractivity contribution in [3.8, 4) is 0 Å². The van der Waals surface area contributed by atoms with E-state index < -0.39 is 0 Å². The number of nitrogens with one attached hydrogen (secondary N) is 1. The molecule has 0 saturated carbocycles. The molecule has 1 aromatic rings. The van der Waals surface area contributed by atoms with E-state index in [-0.39, 0.29) is 0 Å². The van der Waals surface area contributed by atoms with Crippen molar-refractivity contribution in [2.45, 2.75) is 33.2 Å². The van der Waals surface area contributed by atoms with Crippen molar-refractivity contribution < 1.29 is 0 Å². The highest BCUT2D eigenvalue weighted by atomic mass is 15.2. The Morgan fingerprint density at radius 2 is 2.14 bits per heavy atom. The van der Waals surface area contributed by atoms with Gasteiger partial charge in [-0.15, -0.1) is 0 Å². The fourth-order valence-corrected chi connectivity index (χ4v) is 1.56. The SMILES string of the molecule is CCC(CC)CNCc1cnn(C)c1. The average molecular weight is 195 g/mol. The topological polar surface area (TPSA) is 29.9 Å². The van der Waals surface area contributed by atoms with Crippen molar-refractivity contribution in [2.75, 3.05) is 6.54 Å². The van der Waals surface area contributed by atoms with E-state index in [1.165, 1.54) is 18.4 Å². The van der Waals surface area contributed by atoms with Crippen LogP contribution in [0.1, 0.15) is 32.3 Å². The van der Waals surface area contributed by atoms with Gasteiger partial charge in [0, 0.05) is 25.4 Å². The highest BCUT2D eigenvalue weighted by molar-refractivity contribution is 5.02. The normalized spacial score (nSPS) is 11.1. The van der Waals surface area contributed by atoms with Crippen LogP contribution >= 0.6 is 0 Å². The van der Waals surface area contributed by atoms with Crippen LogP contribution in [0.2, 0.25) is 0 Å². The van der Waals surface area contributed by atoms with E-state index >= 15 is 0 Å². The van der Waals surface area contributed by atoms with Gasteiger partial charge in [-0.1, -0.05) is 26.7 Å². The molecule has 0 unspecified atom stereocenters. The van der Waals surface area contributed by atoms with Crippen LogP contribution in [0.5, 0.6) is 0 Å². The van der Waals surface area contributed by atoms with Crippen LogP contribution in [0.15, 0.2) is 12.4 Å². The third-order valence-electron chi connectivity index (χ3n) is 2.68. The molecular weight excluding hydrogens is 174 g/mol. The molecule has 0 aliphatic heterocycles. The molecule has 0 aliphatic carbocycles. The van der Waals surface area contributed by atoms with Crippen molar-refractivity contribution in [1.82, 2.24) is 15.1 Å². The summed E-state index contributed by atoms with van der Waals surface area (Å²) in [5, 5.41) is 7.59. The van der Waals surface area contributed by atoms with E-state index in [9.17, 15) is 0 Å². The molecule has 0 spiro atoms. The predicted octanol–water partition coefficient (Wildman–Crippen LogP) is 1.95. The van der Waals surface area contributed by atoms with Crippen LogP contribution in [0.3, 0.4) is 0 Å². The summed E-state index contributed by atoms with van der Waals surface area (Å²) < 4.78 is 1.84. The zero-order chi connectivity index (χ0) is 10.4. The maximum atomic E-state index is 4.13. The fraction of sp³-hybridized carbons (Fsp3) is 0.727. The summed E-state index contributed by atoms with van der Waals surface area (Å²) in [7, 11) is 1.95. The van der Waals surface area contributed by atoms with Crippen LogP contribution in [-0.4, -0.2) is 16.3 Å². The molecule has 0 saturated heterocycles. The first-order valence-electron chi connectivity index (χ1n) is 5.44. The molecule has 1 N–H and O–H groups in total. The summed E-state index contributed by atoms with van der Waals surface area (Å²) in [5.74, 6) is 0.812. The van der Waals surface area contributed by atoms with Gasteiger partial charge in [0.2, 0.25) is 0 Å². The Kier molecular flexibility index (Phi) is 4.66. The van der Waals surface area contributed by atoms with E-state index in [1.807, 2.05) is 17.9 Å². The van der Waals surface area contributed by atoms with Crippen molar-refractivity contribution in [3.05, 3.63) is 18.0 Å². The molecule has 80 valence electrons. The predicted molar refractivity (Wildman–Crippen MR) is 59.0 cm³/mol. The first-order chi connectivity index (χ1) is 6.76. The molecular formula is C11H21N3. The summed E-state index contributed by atoms with van der Waals surface area (Å²) in [6.07, 6.45) is 6.49. The van der Waals surface area contributed by atoms with Gasteiger partial charge < -0.3 is 5.32 Å². The van der Waals surface area contributed by atoms with Gasteiger partial charge >= 0.3 is 0 Å². The van der Waals surface area contributed by atoms with Crippen LogP contribution in [0.25, 0.3) is 0 Å². The molecule has 1 aromatic heterocycles. The first-order valence-corrected chi connectivity index (χ1v) is 5.44. The summed E-state index contributed by atoms with van der Waals surface area (Å²) in [6.45, 7) is 6.55. The fourth-order valence-electron chi connectivity index (χ4n) is 1.56. The lowest BCUT2D eigenvalue weighted by Gasteiger charge is -2.12. The summed E-state index contributed by atoms with van der Waals surface area (Å²) in [4.78, 5) is 0. The summed E-state index contributed by atoms with van der Waals surface area (Å²) in [6, 6.07) is 0. The number of aryl methyl sites for hydroxylation is 1. The number of hydrogen-bond acceptors (Lipinski definition) is 2. The van der Waals surface area contributed by atoms with E-state index in [0.29, 0.717) is 0 Å². The number of nitrogens with zero attached hydrogens (tertiary/aromatic N) is 2. The van der Waals surface area contributed by atoms with E-state index in [2.05, 4.69) is 30.5 Å². The van der Waals surface area contributed by atoms with Crippen molar-refractivity contribution >= 4 is 0 Å². The van der Waals surface area contributed by atoms with Crippen molar-refractivity contribution in [1.29, 1.82) is 0 Å². The first kappa shape index (κ1) is 11.2. The highest BCUT2D eigenvalue weighted by Crippen LogP contribution is 2.05. The molecule has 0 radical (unpaired) electrons. The smallest absolute Gasteiger partial charge is 0.0534 e. The third-order valence-corrected chi connectivity index (χ3v) is 2.68. The highest BCUT2D eigenvalue weighted by Gasteiger charge is 2.02. The molecule has 3 nitrogen and oxygen atoms in total. The Labute approximate surface area is 86.5 Å². The lowest BCUT2D eigenvalue weighted by Crippen LogP contribution is -2.21. The Bertz CT molecular complexity index is 251. The molecule has 0 aliphatic rings. The number of rotatable bonds is 6. The zero-order valence-corrected chi connectivity index (χ0v) is 9.45. The van der Waals surface area contributed by atoms with Crippen molar-refractivity contribution in [3.63, 3.8) is 0 Å². The number of hydrogen-bond donors (Lipinski definition) is 1.